The molecule has 13 heteroatoms. The Kier molecular flexibility index (Phi) is 8.88. The van der Waals surface area contributed by atoms with Crippen LogP contribution in [0.1, 0.15) is 60.9 Å². The Morgan fingerprint density at radius 2 is 1.87 bits per heavy atom. The van der Waals surface area contributed by atoms with E-state index < -0.39 is 41.6 Å². The van der Waals surface area contributed by atoms with Gasteiger partial charge in [-0.2, -0.15) is 5.26 Å². The van der Waals surface area contributed by atoms with Crippen LogP contribution in [0.25, 0.3) is 0 Å². The summed E-state index contributed by atoms with van der Waals surface area (Å²) in [7, 11) is 0. The van der Waals surface area contributed by atoms with E-state index in [0.29, 0.717) is 5.75 Å². The number of hydrogen-bond acceptors (Lipinski definition) is 7. The zero-order chi connectivity index (χ0) is 29.1. The highest BCUT2D eigenvalue weighted by molar-refractivity contribution is 6.34. The first-order chi connectivity index (χ1) is 18.2. The normalized spacial score (nSPS) is 17.9. The van der Waals surface area contributed by atoms with Gasteiger partial charge in [0.15, 0.2) is 11.6 Å². The van der Waals surface area contributed by atoms with Crippen LogP contribution in [-0.2, 0) is 4.74 Å². The maximum absolute atomic E-state index is 14.8. The minimum atomic E-state index is -1.21. The molecule has 0 radical (unpaired) electrons. The van der Waals surface area contributed by atoms with Crippen LogP contribution in [0.5, 0.6) is 11.5 Å². The summed E-state index contributed by atoms with van der Waals surface area (Å²) in [5.41, 5.74) is 3.16. The molecule has 0 bridgehead atoms. The molecule has 0 saturated carbocycles. The van der Waals surface area contributed by atoms with E-state index in [1.165, 1.54) is 18.2 Å². The lowest BCUT2D eigenvalue weighted by Gasteiger charge is -2.30. The van der Waals surface area contributed by atoms with Gasteiger partial charge in [-0.25, -0.2) is 9.18 Å². The van der Waals surface area contributed by atoms with E-state index in [4.69, 9.17) is 25.8 Å². The lowest BCUT2D eigenvalue weighted by Crippen LogP contribution is -2.49. The number of benzene rings is 2. The Bertz CT molecular complexity index is 1330. The average molecular weight is 563 g/mol. The molecule has 2 aromatic rings. The maximum atomic E-state index is 14.8. The van der Waals surface area contributed by atoms with Crippen molar-refractivity contribution in [3.63, 3.8) is 0 Å². The van der Waals surface area contributed by atoms with Gasteiger partial charge in [-0.3, -0.25) is 25.3 Å². The average Bonchev–Trinajstić information content (AvgIpc) is 3.09. The Morgan fingerprint density at radius 3 is 2.49 bits per heavy atom. The molecule has 39 heavy (non-hydrogen) atoms. The fourth-order valence-electron chi connectivity index (χ4n) is 4.14. The van der Waals surface area contributed by atoms with Gasteiger partial charge in [0.25, 0.3) is 11.8 Å². The van der Waals surface area contributed by atoms with E-state index in [-0.39, 0.29) is 40.2 Å². The standard InChI is InChI=1S/C26H28ClFN4O7/c1-13(2)38-21-7-6-15(8-16(21)11-29)23(33)30-31-24(34)17-9-19(28)22(10-18(17)27)37-12-20-14(3)39-26(4,5)32(20)25(35)36/h6-10,13-14,20H,12H2,1-5H3,(H,30,33)(H,31,34)(H,35,36). The number of ether oxygens (including phenoxy) is 3. The molecule has 2 atom stereocenters. The number of halogens is 2. The van der Waals surface area contributed by atoms with E-state index in [1.807, 2.05) is 6.07 Å². The highest BCUT2D eigenvalue weighted by Gasteiger charge is 2.48. The third kappa shape index (κ3) is 6.68. The molecule has 1 heterocycles. The van der Waals surface area contributed by atoms with Crippen molar-refractivity contribution in [1.82, 2.24) is 15.8 Å². The predicted molar refractivity (Wildman–Crippen MR) is 137 cm³/mol. The van der Waals surface area contributed by atoms with Crippen molar-refractivity contribution >= 4 is 29.5 Å². The van der Waals surface area contributed by atoms with E-state index in [9.17, 15) is 29.1 Å². The number of hydrazine groups is 1. The fourth-order valence-corrected chi connectivity index (χ4v) is 4.38. The van der Waals surface area contributed by atoms with Gasteiger partial charge in [0, 0.05) is 11.6 Å². The smallest absolute Gasteiger partial charge is 0.410 e. The predicted octanol–water partition coefficient (Wildman–Crippen LogP) is 4.09. The van der Waals surface area contributed by atoms with E-state index >= 15 is 0 Å². The Morgan fingerprint density at radius 1 is 1.21 bits per heavy atom. The molecule has 3 rings (SSSR count). The SMILES string of the molecule is CC(C)Oc1ccc(C(=O)NNC(=O)c2cc(F)c(OCC3C(C)OC(C)(C)N3C(=O)O)cc2Cl)cc1C#N. The van der Waals surface area contributed by atoms with Gasteiger partial charge in [-0.1, -0.05) is 11.6 Å². The Balaban J connectivity index is 1.66. The van der Waals surface area contributed by atoms with Crippen LogP contribution in [0.2, 0.25) is 5.02 Å². The van der Waals surface area contributed by atoms with Crippen molar-refractivity contribution < 1.29 is 38.1 Å². The van der Waals surface area contributed by atoms with Crippen molar-refractivity contribution in [3.8, 4) is 17.6 Å². The molecular weight excluding hydrogens is 535 g/mol. The summed E-state index contributed by atoms with van der Waals surface area (Å²) in [6.07, 6.45) is -1.91. The molecule has 3 amide bonds. The molecule has 1 fully saturated rings. The Labute approximate surface area is 229 Å². The molecule has 2 aromatic carbocycles. The molecule has 0 spiro atoms. The quantitative estimate of drug-likeness (QED) is 0.427. The number of carbonyl (C=O) groups is 3. The van der Waals surface area contributed by atoms with E-state index in [2.05, 4.69) is 10.9 Å². The Hall–Kier alpha value is -4.08. The third-order valence-electron chi connectivity index (χ3n) is 5.82. The minimum absolute atomic E-state index is 0.0766. The van der Waals surface area contributed by atoms with Gasteiger partial charge in [-0.15, -0.1) is 0 Å². The first-order valence-corrected chi connectivity index (χ1v) is 12.3. The molecule has 1 aliphatic rings. The summed E-state index contributed by atoms with van der Waals surface area (Å²) in [6, 6.07) is 7.33. The van der Waals surface area contributed by atoms with Crippen LogP contribution in [0.15, 0.2) is 30.3 Å². The first kappa shape index (κ1) is 29.5. The lowest BCUT2D eigenvalue weighted by molar-refractivity contribution is -0.0621. The topological polar surface area (TPSA) is 150 Å². The second-order valence-electron chi connectivity index (χ2n) is 9.46. The number of rotatable bonds is 7. The second kappa shape index (κ2) is 11.8. The summed E-state index contributed by atoms with van der Waals surface area (Å²) in [6.45, 7) is 8.24. The van der Waals surface area contributed by atoms with Crippen LogP contribution in [-0.4, -0.2) is 58.5 Å². The van der Waals surface area contributed by atoms with Crippen LogP contribution in [0.4, 0.5) is 9.18 Å². The molecule has 3 N–H and O–H groups in total. The number of carboxylic acid groups (broad SMARTS) is 1. The molecular formula is C26H28ClFN4O7. The van der Waals surface area contributed by atoms with E-state index in [1.54, 1.807) is 34.6 Å². The van der Waals surface area contributed by atoms with Crippen molar-refractivity contribution in [2.45, 2.75) is 58.6 Å². The lowest BCUT2D eigenvalue weighted by atomic mass is 10.1. The van der Waals surface area contributed by atoms with Crippen molar-refractivity contribution in [2.75, 3.05) is 6.61 Å². The number of amides is 3. The zero-order valence-electron chi connectivity index (χ0n) is 21.9. The van der Waals surface area contributed by atoms with Gasteiger partial charge in [0.05, 0.1) is 34.4 Å². The van der Waals surface area contributed by atoms with Crippen LogP contribution < -0.4 is 20.3 Å². The maximum Gasteiger partial charge on any atom is 0.410 e. The highest BCUT2D eigenvalue weighted by Crippen LogP contribution is 2.33. The molecule has 208 valence electrons. The minimum Gasteiger partial charge on any atom is -0.490 e. The van der Waals surface area contributed by atoms with Gasteiger partial charge < -0.3 is 19.3 Å². The molecule has 11 nitrogen and oxygen atoms in total. The highest BCUT2D eigenvalue weighted by atomic mass is 35.5. The van der Waals surface area contributed by atoms with E-state index in [0.717, 1.165) is 17.0 Å². The van der Waals surface area contributed by atoms with Crippen molar-refractivity contribution in [3.05, 3.63) is 57.9 Å². The molecule has 0 aliphatic carbocycles. The summed E-state index contributed by atoms with van der Waals surface area (Å²) < 4.78 is 31.5. The van der Waals surface area contributed by atoms with Gasteiger partial charge >= 0.3 is 6.09 Å². The largest absolute Gasteiger partial charge is 0.490 e. The summed E-state index contributed by atoms with van der Waals surface area (Å²) in [5.74, 6) is -2.55. The number of nitriles is 1. The summed E-state index contributed by atoms with van der Waals surface area (Å²) in [4.78, 5) is 37.9. The summed E-state index contributed by atoms with van der Waals surface area (Å²) in [5, 5.41) is 18.7. The molecule has 1 aliphatic heterocycles. The van der Waals surface area contributed by atoms with Gasteiger partial charge in [0.1, 0.15) is 24.2 Å². The number of carbonyl (C=O) groups excluding carboxylic acids is 2. The second-order valence-corrected chi connectivity index (χ2v) is 9.87. The summed E-state index contributed by atoms with van der Waals surface area (Å²) >= 11 is 6.18. The number of nitrogens with zero attached hydrogens (tertiary/aromatic N) is 2. The van der Waals surface area contributed by atoms with Crippen molar-refractivity contribution in [1.29, 1.82) is 5.26 Å². The number of nitrogens with one attached hydrogen (secondary N) is 2. The third-order valence-corrected chi connectivity index (χ3v) is 6.14. The van der Waals surface area contributed by atoms with Gasteiger partial charge in [-0.05, 0) is 58.9 Å². The van der Waals surface area contributed by atoms with Crippen molar-refractivity contribution in [2.24, 2.45) is 0 Å². The van der Waals surface area contributed by atoms with Crippen LogP contribution in [0.3, 0.4) is 0 Å². The zero-order valence-corrected chi connectivity index (χ0v) is 22.6. The van der Waals surface area contributed by atoms with Crippen LogP contribution >= 0.6 is 11.6 Å². The molecule has 0 aromatic heterocycles. The molecule has 1 saturated heterocycles. The van der Waals surface area contributed by atoms with Gasteiger partial charge in [0.2, 0.25) is 0 Å². The monoisotopic (exact) mass is 562 g/mol. The molecule has 2 unspecified atom stereocenters. The first-order valence-electron chi connectivity index (χ1n) is 11.9. The fraction of sp³-hybridized carbons (Fsp3) is 0.385. The number of hydrogen-bond donors (Lipinski definition) is 3. The van der Waals surface area contributed by atoms with Crippen LogP contribution in [0, 0.1) is 17.1 Å².